The smallest absolute Gasteiger partial charge is 0.337 e. The Morgan fingerprint density at radius 3 is 2.39 bits per heavy atom. The highest BCUT2D eigenvalue weighted by Crippen LogP contribution is 2.22. The number of halogens is 1. The average molecular weight is 332 g/mol. The van der Waals surface area contributed by atoms with Crippen LogP contribution in [0.3, 0.4) is 0 Å². The lowest BCUT2D eigenvalue weighted by molar-refractivity contribution is -0.118. The van der Waals surface area contributed by atoms with Crippen molar-refractivity contribution in [2.24, 2.45) is 0 Å². The Labute approximate surface area is 140 Å². The summed E-state index contributed by atoms with van der Waals surface area (Å²) in [6.07, 6.45) is 0.805. The maximum atomic E-state index is 12.7. The van der Waals surface area contributed by atoms with E-state index in [9.17, 15) is 14.7 Å². The molecular formula is C18H18ClNO3. The highest BCUT2D eigenvalue weighted by molar-refractivity contribution is 6.33. The van der Waals surface area contributed by atoms with E-state index >= 15 is 0 Å². The quantitative estimate of drug-likeness (QED) is 0.869. The molecule has 0 aliphatic rings. The summed E-state index contributed by atoms with van der Waals surface area (Å²) < 4.78 is 0. The number of carbonyl (C=O) groups excluding carboxylic acids is 1. The summed E-state index contributed by atoms with van der Waals surface area (Å²) in [6.45, 7) is 2.57. The minimum absolute atomic E-state index is 0.00289. The second-order valence-corrected chi connectivity index (χ2v) is 5.54. The van der Waals surface area contributed by atoms with E-state index in [0.717, 1.165) is 12.1 Å². The third-order valence-electron chi connectivity index (χ3n) is 3.47. The van der Waals surface area contributed by atoms with Crippen molar-refractivity contribution >= 4 is 29.2 Å². The Bertz CT molecular complexity index is 701. The van der Waals surface area contributed by atoms with Gasteiger partial charge in [0.25, 0.3) is 0 Å². The standard InChI is InChI=1S/C18H18ClNO3/c1-2-11-20(14-8-4-3-5-9-14)16(21)12-13-7-6-10-15(19)17(13)18(22)23/h3-10H,2,11-12H2,1H3,(H,22,23). The van der Waals surface area contributed by atoms with E-state index in [1.54, 1.807) is 17.0 Å². The maximum absolute atomic E-state index is 12.7. The van der Waals surface area contributed by atoms with E-state index in [-0.39, 0.29) is 22.9 Å². The number of carboxylic acids is 1. The van der Waals surface area contributed by atoms with Crippen LogP contribution in [0.15, 0.2) is 48.5 Å². The maximum Gasteiger partial charge on any atom is 0.337 e. The number of nitrogens with zero attached hydrogens (tertiary/aromatic N) is 1. The molecule has 0 aliphatic carbocycles. The van der Waals surface area contributed by atoms with Gasteiger partial charge in [0.2, 0.25) is 5.91 Å². The molecule has 2 aromatic carbocycles. The Hall–Kier alpha value is -2.33. The predicted octanol–water partition coefficient (Wildman–Crippen LogP) is 4.02. The fraction of sp³-hybridized carbons (Fsp3) is 0.222. The molecule has 23 heavy (non-hydrogen) atoms. The van der Waals surface area contributed by atoms with Crippen molar-refractivity contribution in [1.29, 1.82) is 0 Å². The molecule has 0 heterocycles. The lowest BCUT2D eigenvalue weighted by Crippen LogP contribution is -2.33. The second kappa shape index (κ2) is 7.79. The van der Waals surface area contributed by atoms with Crippen molar-refractivity contribution in [2.75, 3.05) is 11.4 Å². The normalized spacial score (nSPS) is 10.3. The van der Waals surface area contributed by atoms with Crippen molar-refractivity contribution in [2.45, 2.75) is 19.8 Å². The van der Waals surface area contributed by atoms with Gasteiger partial charge in [-0.2, -0.15) is 0 Å². The SMILES string of the molecule is CCCN(C(=O)Cc1cccc(Cl)c1C(=O)O)c1ccccc1. The van der Waals surface area contributed by atoms with Crippen LogP contribution in [0.1, 0.15) is 29.3 Å². The van der Waals surface area contributed by atoms with Gasteiger partial charge < -0.3 is 10.0 Å². The fourth-order valence-electron chi connectivity index (χ4n) is 2.44. The number of rotatable bonds is 6. The summed E-state index contributed by atoms with van der Waals surface area (Å²) >= 11 is 5.96. The lowest BCUT2D eigenvalue weighted by atomic mass is 10.0. The molecule has 0 fully saturated rings. The van der Waals surface area contributed by atoms with Gasteiger partial charge in [0, 0.05) is 12.2 Å². The Balaban J connectivity index is 2.30. The fourth-order valence-corrected chi connectivity index (χ4v) is 2.72. The molecule has 2 rings (SSSR count). The number of carbonyl (C=O) groups is 2. The van der Waals surface area contributed by atoms with Gasteiger partial charge >= 0.3 is 5.97 Å². The van der Waals surface area contributed by atoms with Crippen molar-refractivity contribution < 1.29 is 14.7 Å². The first kappa shape index (κ1) is 17.0. The number of amides is 1. The van der Waals surface area contributed by atoms with Crippen LogP contribution < -0.4 is 4.90 Å². The van der Waals surface area contributed by atoms with E-state index in [0.29, 0.717) is 12.1 Å². The first-order chi connectivity index (χ1) is 11.0. The van der Waals surface area contributed by atoms with E-state index in [1.807, 2.05) is 37.3 Å². The van der Waals surface area contributed by atoms with Crippen LogP contribution in [-0.4, -0.2) is 23.5 Å². The van der Waals surface area contributed by atoms with Crippen LogP contribution in [-0.2, 0) is 11.2 Å². The summed E-state index contributed by atoms with van der Waals surface area (Å²) in [4.78, 5) is 25.7. The third kappa shape index (κ3) is 4.11. The summed E-state index contributed by atoms with van der Waals surface area (Å²) in [5.74, 6) is -1.28. The van der Waals surface area contributed by atoms with Crippen LogP contribution in [0.25, 0.3) is 0 Å². The second-order valence-electron chi connectivity index (χ2n) is 5.14. The Morgan fingerprint density at radius 2 is 1.78 bits per heavy atom. The third-order valence-corrected chi connectivity index (χ3v) is 3.79. The van der Waals surface area contributed by atoms with Crippen LogP contribution in [0.4, 0.5) is 5.69 Å². The van der Waals surface area contributed by atoms with E-state index in [4.69, 9.17) is 11.6 Å². The first-order valence-electron chi connectivity index (χ1n) is 7.40. The lowest BCUT2D eigenvalue weighted by Gasteiger charge is -2.22. The first-order valence-corrected chi connectivity index (χ1v) is 7.78. The van der Waals surface area contributed by atoms with Gasteiger partial charge in [-0.15, -0.1) is 0 Å². The molecule has 0 radical (unpaired) electrons. The van der Waals surface area contributed by atoms with Crippen molar-refractivity contribution in [3.8, 4) is 0 Å². The number of aromatic carboxylic acids is 1. The van der Waals surface area contributed by atoms with Crippen molar-refractivity contribution in [3.63, 3.8) is 0 Å². The zero-order valence-corrected chi connectivity index (χ0v) is 13.6. The summed E-state index contributed by atoms with van der Waals surface area (Å²) in [5, 5.41) is 9.45. The number of anilines is 1. The van der Waals surface area contributed by atoms with Crippen LogP contribution in [0.2, 0.25) is 5.02 Å². The molecule has 1 amide bonds. The molecule has 0 bridgehead atoms. The molecule has 0 atom stereocenters. The van der Waals surface area contributed by atoms with Crippen LogP contribution in [0.5, 0.6) is 0 Å². The minimum atomic E-state index is -1.12. The molecule has 0 saturated carbocycles. The molecule has 0 spiro atoms. The molecule has 5 heteroatoms. The zero-order chi connectivity index (χ0) is 16.8. The molecule has 0 aliphatic heterocycles. The van der Waals surface area contributed by atoms with Gasteiger partial charge in [-0.05, 0) is 30.2 Å². The van der Waals surface area contributed by atoms with Gasteiger partial charge in [-0.25, -0.2) is 4.79 Å². The predicted molar refractivity (Wildman–Crippen MR) is 91.2 cm³/mol. The number of hydrogen-bond acceptors (Lipinski definition) is 2. The molecular weight excluding hydrogens is 314 g/mol. The number of carboxylic acid groups (broad SMARTS) is 1. The van der Waals surface area contributed by atoms with Gasteiger partial charge in [0.15, 0.2) is 0 Å². The molecule has 4 nitrogen and oxygen atoms in total. The largest absolute Gasteiger partial charge is 0.478 e. The van der Waals surface area contributed by atoms with Crippen molar-refractivity contribution in [1.82, 2.24) is 0 Å². The van der Waals surface area contributed by atoms with Gasteiger partial charge in [0.05, 0.1) is 17.0 Å². The van der Waals surface area contributed by atoms with E-state index in [1.165, 1.54) is 6.07 Å². The zero-order valence-electron chi connectivity index (χ0n) is 12.8. The molecule has 0 aromatic heterocycles. The average Bonchev–Trinajstić information content (AvgIpc) is 2.53. The molecule has 2 aromatic rings. The van der Waals surface area contributed by atoms with E-state index in [2.05, 4.69) is 0 Å². The molecule has 0 saturated heterocycles. The molecule has 0 unspecified atom stereocenters. The monoisotopic (exact) mass is 331 g/mol. The summed E-state index contributed by atoms with van der Waals surface area (Å²) in [7, 11) is 0. The number of benzene rings is 2. The van der Waals surface area contributed by atoms with Crippen LogP contribution in [0, 0.1) is 0 Å². The minimum Gasteiger partial charge on any atom is -0.478 e. The highest BCUT2D eigenvalue weighted by Gasteiger charge is 2.20. The summed E-state index contributed by atoms with van der Waals surface area (Å²) in [6, 6.07) is 14.2. The van der Waals surface area contributed by atoms with Gasteiger partial charge in [-0.1, -0.05) is 48.9 Å². The molecule has 120 valence electrons. The highest BCUT2D eigenvalue weighted by atomic mass is 35.5. The molecule has 1 N–H and O–H groups in total. The number of hydrogen-bond donors (Lipinski definition) is 1. The Morgan fingerprint density at radius 1 is 1.09 bits per heavy atom. The number of para-hydroxylation sites is 1. The topological polar surface area (TPSA) is 57.6 Å². The Kier molecular flexibility index (Phi) is 5.77. The van der Waals surface area contributed by atoms with Gasteiger partial charge in [-0.3, -0.25) is 4.79 Å². The van der Waals surface area contributed by atoms with Crippen molar-refractivity contribution in [3.05, 3.63) is 64.7 Å². The van der Waals surface area contributed by atoms with Gasteiger partial charge in [0.1, 0.15) is 0 Å². The summed E-state index contributed by atoms with van der Waals surface area (Å²) in [5.41, 5.74) is 1.22. The van der Waals surface area contributed by atoms with Crippen LogP contribution >= 0.6 is 11.6 Å². The van der Waals surface area contributed by atoms with E-state index < -0.39 is 5.97 Å².